The summed E-state index contributed by atoms with van der Waals surface area (Å²) < 4.78 is 18.5. The second kappa shape index (κ2) is 8.31. The van der Waals surface area contributed by atoms with Gasteiger partial charge in [-0.15, -0.1) is 0 Å². The summed E-state index contributed by atoms with van der Waals surface area (Å²) in [5.41, 5.74) is 5.65. The first-order valence-corrected chi connectivity index (χ1v) is 8.09. The number of hydrogen-bond acceptors (Lipinski definition) is 3. The molecule has 0 aliphatic heterocycles. The highest BCUT2D eigenvalue weighted by Gasteiger charge is 1.97. The van der Waals surface area contributed by atoms with Crippen molar-refractivity contribution < 1.29 is 9.13 Å². The van der Waals surface area contributed by atoms with Crippen molar-refractivity contribution in [3.8, 4) is 5.75 Å². The van der Waals surface area contributed by atoms with Crippen LogP contribution in [-0.2, 0) is 6.61 Å². The monoisotopic (exact) mass is 354 g/mol. The number of rotatable bonds is 6. The maximum atomic E-state index is 12.9. The van der Waals surface area contributed by atoms with Gasteiger partial charge in [-0.1, -0.05) is 23.7 Å². The Morgan fingerprint density at radius 3 is 2.28 bits per heavy atom. The van der Waals surface area contributed by atoms with E-state index in [1.807, 2.05) is 36.4 Å². The molecule has 0 fully saturated rings. The Hall–Kier alpha value is -2.85. The summed E-state index contributed by atoms with van der Waals surface area (Å²) in [5.74, 6) is 0.492. The van der Waals surface area contributed by atoms with Crippen LogP contribution in [0.3, 0.4) is 0 Å². The van der Waals surface area contributed by atoms with Crippen molar-refractivity contribution in [1.29, 1.82) is 0 Å². The average molecular weight is 355 g/mol. The predicted molar refractivity (Wildman–Crippen MR) is 99.8 cm³/mol. The van der Waals surface area contributed by atoms with E-state index in [1.54, 1.807) is 30.5 Å². The molecule has 3 aromatic rings. The van der Waals surface area contributed by atoms with E-state index in [-0.39, 0.29) is 5.82 Å². The second-order valence-electron chi connectivity index (χ2n) is 5.36. The van der Waals surface area contributed by atoms with Gasteiger partial charge in [0.25, 0.3) is 0 Å². The van der Waals surface area contributed by atoms with E-state index in [4.69, 9.17) is 16.3 Å². The zero-order valence-corrected chi connectivity index (χ0v) is 14.1. The third-order valence-electron chi connectivity index (χ3n) is 3.45. The minimum Gasteiger partial charge on any atom is -0.489 e. The number of benzene rings is 3. The van der Waals surface area contributed by atoms with Crippen LogP contribution in [0.25, 0.3) is 0 Å². The number of hydrazone groups is 1. The molecule has 0 spiro atoms. The fourth-order valence-electron chi connectivity index (χ4n) is 2.10. The van der Waals surface area contributed by atoms with Crippen LogP contribution >= 0.6 is 11.6 Å². The van der Waals surface area contributed by atoms with Gasteiger partial charge in [0.1, 0.15) is 18.2 Å². The van der Waals surface area contributed by atoms with Crippen molar-refractivity contribution in [3.05, 3.63) is 94.8 Å². The molecule has 0 heterocycles. The van der Waals surface area contributed by atoms with E-state index in [9.17, 15) is 4.39 Å². The third-order valence-corrected chi connectivity index (χ3v) is 3.70. The number of halogens is 2. The molecule has 3 nitrogen and oxygen atoms in total. The van der Waals surface area contributed by atoms with Crippen LogP contribution in [0, 0.1) is 5.82 Å². The molecule has 3 rings (SSSR count). The molecule has 0 atom stereocenters. The van der Waals surface area contributed by atoms with Gasteiger partial charge in [-0.25, -0.2) is 4.39 Å². The summed E-state index contributed by atoms with van der Waals surface area (Å²) in [6, 6.07) is 21.1. The van der Waals surface area contributed by atoms with Gasteiger partial charge < -0.3 is 4.74 Å². The third kappa shape index (κ3) is 5.33. The Morgan fingerprint density at radius 2 is 1.60 bits per heavy atom. The van der Waals surface area contributed by atoms with Gasteiger partial charge in [0.05, 0.1) is 11.9 Å². The normalized spacial score (nSPS) is 10.8. The Labute approximate surface area is 150 Å². The highest BCUT2D eigenvalue weighted by Crippen LogP contribution is 2.15. The van der Waals surface area contributed by atoms with Crippen LogP contribution in [0.15, 0.2) is 77.9 Å². The van der Waals surface area contributed by atoms with Gasteiger partial charge in [0, 0.05) is 5.02 Å². The standard InChI is InChI=1S/C20H16ClFN2O/c21-17-5-9-19(10-6-17)24-23-13-15-3-11-20(12-4-15)25-14-16-1-7-18(22)8-2-16/h1-13,24H,14H2. The van der Waals surface area contributed by atoms with E-state index >= 15 is 0 Å². The lowest BCUT2D eigenvalue weighted by molar-refractivity contribution is 0.306. The fourth-order valence-corrected chi connectivity index (χ4v) is 2.23. The molecular formula is C20H16ClFN2O. The second-order valence-corrected chi connectivity index (χ2v) is 5.80. The SMILES string of the molecule is Fc1ccc(COc2ccc(C=NNc3ccc(Cl)cc3)cc2)cc1. The van der Waals surface area contributed by atoms with E-state index in [0.717, 1.165) is 22.6 Å². The van der Waals surface area contributed by atoms with Gasteiger partial charge in [0.2, 0.25) is 0 Å². The van der Waals surface area contributed by atoms with Crippen LogP contribution in [0.1, 0.15) is 11.1 Å². The van der Waals surface area contributed by atoms with Crippen molar-refractivity contribution in [1.82, 2.24) is 0 Å². The number of nitrogens with one attached hydrogen (secondary N) is 1. The number of ether oxygens (including phenoxy) is 1. The molecule has 0 aromatic heterocycles. The summed E-state index contributed by atoms with van der Waals surface area (Å²) in [4.78, 5) is 0. The van der Waals surface area contributed by atoms with E-state index in [1.165, 1.54) is 12.1 Å². The molecule has 25 heavy (non-hydrogen) atoms. The maximum Gasteiger partial charge on any atom is 0.123 e. The van der Waals surface area contributed by atoms with Crippen LogP contribution in [0.2, 0.25) is 5.02 Å². The van der Waals surface area contributed by atoms with Gasteiger partial charge in [-0.05, 0) is 71.8 Å². The molecule has 0 radical (unpaired) electrons. The first-order valence-electron chi connectivity index (χ1n) is 7.71. The lowest BCUT2D eigenvalue weighted by Crippen LogP contribution is -1.96. The Kier molecular flexibility index (Phi) is 5.65. The summed E-state index contributed by atoms with van der Waals surface area (Å²) in [5, 5.41) is 4.86. The highest BCUT2D eigenvalue weighted by atomic mass is 35.5. The molecule has 126 valence electrons. The fraction of sp³-hybridized carbons (Fsp3) is 0.0500. The molecule has 0 bridgehead atoms. The maximum absolute atomic E-state index is 12.9. The number of anilines is 1. The number of hydrogen-bond donors (Lipinski definition) is 1. The lowest BCUT2D eigenvalue weighted by atomic mass is 10.2. The van der Waals surface area contributed by atoms with Crippen LogP contribution < -0.4 is 10.2 Å². The quantitative estimate of drug-likeness (QED) is 0.468. The molecule has 3 aromatic carbocycles. The predicted octanol–water partition coefficient (Wildman–Crippen LogP) is 5.50. The largest absolute Gasteiger partial charge is 0.489 e. The Balaban J connectivity index is 1.52. The molecule has 5 heteroatoms. The molecule has 0 unspecified atom stereocenters. The molecule has 0 saturated carbocycles. The number of nitrogens with zero attached hydrogens (tertiary/aromatic N) is 1. The van der Waals surface area contributed by atoms with Crippen molar-refractivity contribution in [2.24, 2.45) is 5.10 Å². The molecule has 1 N–H and O–H groups in total. The Morgan fingerprint density at radius 1 is 0.920 bits per heavy atom. The van der Waals surface area contributed by atoms with Gasteiger partial charge in [0.15, 0.2) is 0 Å². The van der Waals surface area contributed by atoms with Crippen molar-refractivity contribution >= 4 is 23.5 Å². The summed E-state index contributed by atoms with van der Waals surface area (Å²) in [6.07, 6.45) is 1.72. The molecule has 0 saturated heterocycles. The summed E-state index contributed by atoms with van der Waals surface area (Å²) in [7, 11) is 0. The van der Waals surface area contributed by atoms with Gasteiger partial charge in [-0.3, -0.25) is 5.43 Å². The minimum absolute atomic E-state index is 0.250. The van der Waals surface area contributed by atoms with Crippen LogP contribution in [0.5, 0.6) is 5.75 Å². The topological polar surface area (TPSA) is 33.6 Å². The zero-order chi connectivity index (χ0) is 17.5. The Bertz CT molecular complexity index is 831. The van der Waals surface area contributed by atoms with Crippen LogP contribution in [0.4, 0.5) is 10.1 Å². The van der Waals surface area contributed by atoms with E-state index in [0.29, 0.717) is 11.6 Å². The highest BCUT2D eigenvalue weighted by molar-refractivity contribution is 6.30. The van der Waals surface area contributed by atoms with Gasteiger partial charge in [-0.2, -0.15) is 5.10 Å². The summed E-state index contributed by atoms with van der Waals surface area (Å²) >= 11 is 5.83. The first kappa shape index (κ1) is 17.0. The first-order chi connectivity index (χ1) is 12.2. The smallest absolute Gasteiger partial charge is 0.123 e. The minimum atomic E-state index is -0.250. The van der Waals surface area contributed by atoms with E-state index in [2.05, 4.69) is 10.5 Å². The van der Waals surface area contributed by atoms with E-state index < -0.39 is 0 Å². The molecule has 0 aliphatic rings. The molecule has 0 amide bonds. The van der Waals surface area contributed by atoms with Crippen molar-refractivity contribution in [2.45, 2.75) is 6.61 Å². The van der Waals surface area contributed by atoms with Gasteiger partial charge >= 0.3 is 0 Å². The van der Waals surface area contributed by atoms with Crippen molar-refractivity contribution in [3.63, 3.8) is 0 Å². The van der Waals surface area contributed by atoms with Crippen LogP contribution in [-0.4, -0.2) is 6.21 Å². The summed E-state index contributed by atoms with van der Waals surface area (Å²) in [6.45, 7) is 0.395. The zero-order valence-electron chi connectivity index (χ0n) is 13.3. The lowest BCUT2D eigenvalue weighted by Gasteiger charge is -2.06. The van der Waals surface area contributed by atoms with Crippen molar-refractivity contribution in [2.75, 3.05) is 5.43 Å². The molecular weight excluding hydrogens is 339 g/mol. The molecule has 0 aliphatic carbocycles. The average Bonchev–Trinajstić information content (AvgIpc) is 2.64.